The molecule has 0 spiro atoms. The van der Waals surface area contributed by atoms with Crippen molar-refractivity contribution >= 4 is 0 Å². The van der Waals surface area contributed by atoms with Crippen LogP contribution in [0.5, 0.6) is 5.75 Å². The normalized spacial score (nSPS) is 22.6. The number of aromatic hydroxyl groups is 1. The lowest BCUT2D eigenvalue weighted by molar-refractivity contribution is 0.229. The zero-order valence-electron chi connectivity index (χ0n) is 11.8. The van der Waals surface area contributed by atoms with Gasteiger partial charge in [-0.05, 0) is 56.3 Å². The van der Waals surface area contributed by atoms with Gasteiger partial charge in [0.25, 0.3) is 0 Å². The van der Waals surface area contributed by atoms with Gasteiger partial charge < -0.3 is 10.4 Å². The Morgan fingerprint density at radius 1 is 1.25 bits per heavy atom. The lowest BCUT2D eigenvalue weighted by Crippen LogP contribution is -2.38. The van der Waals surface area contributed by atoms with E-state index in [4.69, 9.17) is 0 Å². The second-order valence-corrected chi connectivity index (χ2v) is 6.20. The van der Waals surface area contributed by atoms with E-state index in [2.05, 4.69) is 10.2 Å². The molecule has 1 saturated carbocycles. The third-order valence-electron chi connectivity index (χ3n) is 4.29. The fourth-order valence-corrected chi connectivity index (χ4v) is 3.02. The lowest BCUT2D eigenvalue weighted by atomic mass is 10.1. The summed E-state index contributed by atoms with van der Waals surface area (Å²) in [5.74, 6) is 0.724. The van der Waals surface area contributed by atoms with Gasteiger partial charge in [0.15, 0.2) is 0 Å². The summed E-state index contributed by atoms with van der Waals surface area (Å²) < 4.78 is 13.3. The van der Waals surface area contributed by atoms with Crippen LogP contribution in [0.25, 0.3) is 0 Å². The van der Waals surface area contributed by atoms with Gasteiger partial charge in [-0.25, -0.2) is 4.39 Å². The molecule has 1 heterocycles. The Kier molecular flexibility index (Phi) is 4.22. The molecule has 2 aliphatic rings. The number of hydrogen-bond acceptors (Lipinski definition) is 3. The minimum atomic E-state index is -0.275. The molecule has 0 amide bonds. The molecule has 110 valence electrons. The van der Waals surface area contributed by atoms with Crippen LogP contribution in [-0.2, 0) is 6.54 Å². The van der Waals surface area contributed by atoms with Gasteiger partial charge in [0.05, 0.1) is 0 Å². The largest absolute Gasteiger partial charge is 0.508 e. The molecule has 1 aliphatic heterocycles. The van der Waals surface area contributed by atoms with E-state index < -0.39 is 0 Å². The molecule has 20 heavy (non-hydrogen) atoms. The average Bonchev–Trinajstić information content (AvgIpc) is 3.08. The van der Waals surface area contributed by atoms with Crippen molar-refractivity contribution < 1.29 is 9.50 Å². The molecular formula is C16H23FN2O. The van der Waals surface area contributed by atoms with Gasteiger partial charge in [0, 0.05) is 31.2 Å². The second-order valence-electron chi connectivity index (χ2n) is 6.20. The van der Waals surface area contributed by atoms with E-state index in [1.54, 1.807) is 0 Å². The van der Waals surface area contributed by atoms with E-state index in [0.29, 0.717) is 18.2 Å². The second kappa shape index (κ2) is 6.10. The van der Waals surface area contributed by atoms with Gasteiger partial charge in [-0.1, -0.05) is 0 Å². The van der Waals surface area contributed by atoms with Crippen molar-refractivity contribution in [1.29, 1.82) is 0 Å². The van der Waals surface area contributed by atoms with Crippen molar-refractivity contribution in [3.05, 3.63) is 29.6 Å². The van der Waals surface area contributed by atoms with Gasteiger partial charge in [-0.15, -0.1) is 0 Å². The Morgan fingerprint density at radius 3 is 2.80 bits per heavy atom. The lowest BCUT2D eigenvalue weighted by Gasteiger charge is -2.26. The summed E-state index contributed by atoms with van der Waals surface area (Å²) in [4.78, 5) is 2.37. The number of benzene rings is 1. The molecule has 3 nitrogen and oxygen atoms in total. The van der Waals surface area contributed by atoms with Crippen molar-refractivity contribution in [2.45, 2.75) is 38.3 Å². The van der Waals surface area contributed by atoms with Gasteiger partial charge in [-0.3, -0.25) is 4.90 Å². The Bertz CT molecular complexity index is 456. The van der Waals surface area contributed by atoms with E-state index in [0.717, 1.165) is 25.6 Å². The molecule has 1 aliphatic carbocycles. The first-order valence-electron chi connectivity index (χ1n) is 7.64. The van der Waals surface area contributed by atoms with Crippen molar-refractivity contribution in [1.82, 2.24) is 10.2 Å². The van der Waals surface area contributed by atoms with Crippen LogP contribution in [0.4, 0.5) is 4.39 Å². The Morgan fingerprint density at radius 2 is 2.10 bits per heavy atom. The van der Waals surface area contributed by atoms with Crippen LogP contribution in [-0.4, -0.2) is 35.7 Å². The van der Waals surface area contributed by atoms with E-state index in [-0.39, 0.29) is 11.6 Å². The number of halogens is 1. The summed E-state index contributed by atoms with van der Waals surface area (Å²) in [5, 5.41) is 13.4. The number of nitrogens with zero attached hydrogens (tertiary/aromatic N) is 1. The highest BCUT2D eigenvalue weighted by Gasteiger charge is 2.27. The summed E-state index contributed by atoms with van der Waals surface area (Å²) in [7, 11) is 0. The Hall–Kier alpha value is -1.13. The van der Waals surface area contributed by atoms with Crippen molar-refractivity contribution in [3.63, 3.8) is 0 Å². The van der Waals surface area contributed by atoms with Crippen LogP contribution < -0.4 is 5.32 Å². The first kappa shape index (κ1) is 13.8. The summed E-state index contributed by atoms with van der Waals surface area (Å²) in [6.07, 6.45) is 5.08. The smallest absolute Gasteiger partial charge is 0.123 e. The molecule has 2 fully saturated rings. The maximum absolute atomic E-state index is 13.3. The van der Waals surface area contributed by atoms with Crippen LogP contribution in [0.15, 0.2) is 18.2 Å². The zero-order valence-corrected chi connectivity index (χ0v) is 11.8. The minimum Gasteiger partial charge on any atom is -0.508 e. The van der Waals surface area contributed by atoms with Crippen LogP contribution in [0.3, 0.4) is 0 Å². The zero-order chi connectivity index (χ0) is 13.9. The van der Waals surface area contributed by atoms with Crippen LogP contribution >= 0.6 is 0 Å². The van der Waals surface area contributed by atoms with Gasteiger partial charge in [0.2, 0.25) is 0 Å². The van der Waals surface area contributed by atoms with Crippen LogP contribution in [0.2, 0.25) is 0 Å². The fraction of sp³-hybridized carbons (Fsp3) is 0.625. The van der Waals surface area contributed by atoms with Crippen LogP contribution in [0.1, 0.15) is 31.2 Å². The van der Waals surface area contributed by atoms with Crippen molar-refractivity contribution in [2.24, 2.45) is 5.92 Å². The van der Waals surface area contributed by atoms with E-state index in [1.165, 1.54) is 43.9 Å². The fourth-order valence-electron chi connectivity index (χ4n) is 3.02. The molecule has 1 atom stereocenters. The summed E-state index contributed by atoms with van der Waals surface area (Å²) in [5.41, 5.74) is 0.698. The standard InChI is InChI=1S/C16H23FN2O/c17-14-5-6-16(20)13(8-14)10-19(9-12-3-4-12)11-15-2-1-7-18-15/h5-6,8,12,15,18,20H,1-4,7,9-11H2. The Balaban J connectivity index is 1.65. The molecule has 0 bridgehead atoms. The molecule has 1 saturated heterocycles. The maximum atomic E-state index is 13.3. The predicted molar refractivity (Wildman–Crippen MR) is 77.1 cm³/mol. The van der Waals surface area contributed by atoms with Crippen molar-refractivity contribution in [3.8, 4) is 5.75 Å². The highest BCUT2D eigenvalue weighted by atomic mass is 19.1. The number of phenolic OH excluding ortho intramolecular Hbond substituents is 1. The van der Waals surface area contributed by atoms with E-state index >= 15 is 0 Å². The summed E-state index contributed by atoms with van der Waals surface area (Å²) in [6, 6.07) is 4.76. The molecule has 2 N–H and O–H groups in total. The van der Waals surface area contributed by atoms with Gasteiger partial charge >= 0.3 is 0 Å². The molecule has 1 aromatic carbocycles. The molecule has 3 rings (SSSR count). The number of phenols is 1. The monoisotopic (exact) mass is 278 g/mol. The topological polar surface area (TPSA) is 35.5 Å². The first-order chi connectivity index (χ1) is 9.70. The highest BCUT2D eigenvalue weighted by Crippen LogP contribution is 2.31. The molecule has 1 unspecified atom stereocenters. The predicted octanol–water partition coefficient (Wildman–Crippen LogP) is 2.50. The third-order valence-corrected chi connectivity index (χ3v) is 4.29. The highest BCUT2D eigenvalue weighted by molar-refractivity contribution is 5.32. The SMILES string of the molecule is Oc1ccc(F)cc1CN(CC1CC1)CC1CCCN1. The van der Waals surface area contributed by atoms with Gasteiger partial charge in [0.1, 0.15) is 11.6 Å². The minimum absolute atomic E-state index is 0.201. The van der Waals surface area contributed by atoms with E-state index in [9.17, 15) is 9.50 Å². The molecule has 4 heteroatoms. The van der Waals surface area contributed by atoms with Gasteiger partial charge in [-0.2, -0.15) is 0 Å². The maximum Gasteiger partial charge on any atom is 0.123 e. The molecule has 1 aromatic rings. The molecular weight excluding hydrogens is 255 g/mol. The van der Waals surface area contributed by atoms with Crippen molar-refractivity contribution in [2.75, 3.05) is 19.6 Å². The number of nitrogens with one attached hydrogen (secondary N) is 1. The third kappa shape index (κ3) is 3.70. The number of rotatable bonds is 6. The summed E-state index contributed by atoms with van der Waals surface area (Å²) >= 11 is 0. The quantitative estimate of drug-likeness (QED) is 0.839. The average molecular weight is 278 g/mol. The number of hydrogen-bond donors (Lipinski definition) is 2. The Labute approximate surface area is 119 Å². The summed E-state index contributed by atoms with van der Waals surface area (Å²) in [6.45, 7) is 3.80. The molecule has 0 aromatic heterocycles. The molecule has 0 radical (unpaired) electrons. The first-order valence-corrected chi connectivity index (χ1v) is 7.64. The van der Waals surface area contributed by atoms with Crippen LogP contribution in [0, 0.1) is 11.7 Å². The van der Waals surface area contributed by atoms with E-state index in [1.807, 2.05) is 0 Å².